The predicted octanol–water partition coefficient (Wildman–Crippen LogP) is 3.96. The molecular weight excluding hydrogens is 330 g/mol. The van der Waals surface area contributed by atoms with Gasteiger partial charge in [0.15, 0.2) is 11.5 Å². The Bertz CT molecular complexity index is 751. The van der Waals surface area contributed by atoms with E-state index in [-0.39, 0.29) is 24.0 Å². The van der Waals surface area contributed by atoms with Crippen molar-refractivity contribution >= 4 is 17.3 Å². The van der Waals surface area contributed by atoms with Gasteiger partial charge in [0.25, 0.3) is 0 Å². The summed E-state index contributed by atoms with van der Waals surface area (Å²) < 4.78 is 34.2. The summed E-state index contributed by atoms with van der Waals surface area (Å²) in [6, 6.07) is 10.1. The highest BCUT2D eigenvalue weighted by molar-refractivity contribution is 5.93. The van der Waals surface area contributed by atoms with Gasteiger partial charge in [0, 0.05) is 17.4 Å². The van der Waals surface area contributed by atoms with Gasteiger partial charge in [0.1, 0.15) is 0 Å². The Kier molecular flexibility index (Phi) is 6.16. The Morgan fingerprint density at radius 3 is 2.40 bits per heavy atom. The van der Waals surface area contributed by atoms with Crippen LogP contribution in [0.25, 0.3) is 0 Å². The van der Waals surface area contributed by atoms with Crippen LogP contribution in [0, 0.1) is 13.8 Å². The lowest BCUT2D eigenvalue weighted by Crippen LogP contribution is -2.21. The maximum absolute atomic E-state index is 12.4. The van der Waals surface area contributed by atoms with Crippen LogP contribution in [0.1, 0.15) is 11.1 Å². The molecule has 0 heterocycles. The number of hydrogen-bond donors (Lipinski definition) is 2. The number of halogens is 2. The third-order valence-corrected chi connectivity index (χ3v) is 3.62. The number of aryl methyl sites for hydroxylation is 2. The molecule has 0 saturated heterocycles. The zero-order chi connectivity index (χ0) is 18.4. The van der Waals surface area contributed by atoms with Crippen molar-refractivity contribution in [3.8, 4) is 11.5 Å². The fraction of sp³-hybridized carbons (Fsp3) is 0.278. The Morgan fingerprint density at radius 1 is 1.04 bits per heavy atom. The first kappa shape index (κ1) is 18.5. The normalized spacial score (nSPS) is 10.5. The monoisotopic (exact) mass is 350 g/mol. The minimum atomic E-state index is -2.96. The fourth-order valence-electron chi connectivity index (χ4n) is 2.18. The van der Waals surface area contributed by atoms with Crippen LogP contribution in [-0.4, -0.2) is 26.2 Å². The average molecular weight is 350 g/mol. The highest BCUT2D eigenvalue weighted by Gasteiger charge is 2.12. The van der Waals surface area contributed by atoms with Gasteiger partial charge < -0.3 is 20.1 Å². The van der Waals surface area contributed by atoms with Gasteiger partial charge >= 0.3 is 6.61 Å². The molecule has 0 unspecified atom stereocenters. The molecular formula is C18H20F2N2O3. The number of carbonyl (C=O) groups excluding carboxylic acids is 1. The van der Waals surface area contributed by atoms with E-state index in [0.29, 0.717) is 11.4 Å². The average Bonchev–Trinajstić information content (AvgIpc) is 2.56. The minimum absolute atomic E-state index is 0.0205. The number of carbonyl (C=O) groups is 1. The van der Waals surface area contributed by atoms with Crippen molar-refractivity contribution in [1.29, 1.82) is 0 Å². The molecule has 0 spiro atoms. The van der Waals surface area contributed by atoms with Gasteiger partial charge in [-0.3, -0.25) is 4.79 Å². The molecule has 2 aromatic rings. The fourth-order valence-corrected chi connectivity index (χ4v) is 2.18. The zero-order valence-electron chi connectivity index (χ0n) is 14.2. The zero-order valence-corrected chi connectivity index (χ0v) is 14.2. The first-order chi connectivity index (χ1) is 11.9. The number of alkyl halides is 2. The highest BCUT2D eigenvalue weighted by Crippen LogP contribution is 2.31. The second-order valence-corrected chi connectivity index (χ2v) is 5.44. The van der Waals surface area contributed by atoms with E-state index in [1.54, 1.807) is 6.07 Å². The summed E-state index contributed by atoms with van der Waals surface area (Å²) in [6.07, 6.45) is 0. The van der Waals surface area contributed by atoms with Gasteiger partial charge in [-0.2, -0.15) is 8.78 Å². The van der Waals surface area contributed by atoms with Gasteiger partial charge in [-0.25, -0.2) is 0 Å². The molecule has 0 aromatic heterocycles. The summed E-state index contributed by atoms with van der Waals surface area (Å²) in [5.41, 5.74) is 3.38. The number of ether oxygens (including phenoxy) is 2. The van der Waals surface area contributed by atoms with Crippen LogP contribution in [0.5, 0.6) is 11.5 Å². The van der Waals surface area contributed by atoms with E-state index >= 15 is 0 Å². The SMILES string of the molecule is COc1ccc(NCC(=O)Nc2ccc(C)c(C)c2)cc1OC(F)F. The van der Waals surface area contributed by atoms with Crippen LogP contribution in [0.15, 0.2) is 36.4 Å². The number of methoxy groups -OCH3 is 1. The first-order valence-corrected chi connectivity index (χ1v) is 7.63. The smallest absolute Gasteiger partial charge is 0.387 e. The molecule has 0 saturated carbocycles. The molecule has 7 heteroatoms. The van der Waals surface area contributed by atoms with E-state index in [1.165, 1.54) is 19.2 Å². The molecule has 5 nitrogen and oxygen atoms in total. The number of amides is 1. The second kappa shape index (κ2) is 8.32. The van der Waals surface area contributed by atoms with Crippen molar-refractivity contribution in [2.24, 2.45) is 0 Å². The number of hydrogen-bond acceptors (Lipinski definition) is 4. The van der Waals surface area contributed by atoms with Crippen molar-refractivity contribution in [3.05, 3.63) is 47.5 Å². The summed E-state index contributed by atoms with van der Waals surface area (Å²) >= 11 is 0. The number of rotatable bonds is 7. The molecule has 25 heavy (non-hydrogen) atoms. The maximum Gasteiger partial charge on any atom is 0.387 e. The summed E-state index contributed by atoms with van der Waals surface area (Å²) in [6.45, 7) is 0.973. The van der Waals surface area contributed by atoms with Gasteiger partial charge in [0.2, 0.25) is 5.91 Å². The minimum Gasteiger partial charge on any atom is -0.493 e. The van der Waals surface area contributed by atoms with Crippen molar-refractivity contribution in [3.63, 3.8) is 0 Å². The van der Waals surface area contributed by atoms with E-state index in [4.69, 9.17) is 4.74 Å². The van der Waals surface area contributed by atoms with Crippen molar-refractivity contribution < 1.29 is 23.0 Å². The quantitative estimate of drug-likeness (QED) is 0.793. The summed E-state index contributed by atoms with van der Waals surface area (Å²) in [5.74, 6) is -0.169. The van der Waals surface area contributed by atoms with Gasteiger partial charge in [-0.15, -0.1) is 0 Å². The highest BCUT2D eigenvalue weighted by atomic mass is 19.3. The standard InChI is InChI=1S/C18H20F2N2O3/c1-11-4-5-14(8-12(11)2)22-17(23)10-21-13-6-7-15(24-3)16(9-13)25-18(19)20/h4-9,18,21H,10H2,1-3H3,(H,22,23). The molecule has 0 aliphatic rings. The Balaban J connectivity index is 1.97. The van der Waals surface area contributed by atoms with E-state index in [1.807, 2.05) is 32.0 Å². The Morgan fingerprint density at radius 2 is 1.76 bits per heavy atom. The molecule has 0 aliphatic heterocycles. The molecule has 2 rings (SSSR count). The summed E-state index contributed by atoms with van der Waals surface area (Å²) in [5, 5.41) is 5.64. The Hall–Kier alpha value is -2.83. The third kappa shape index (κ3) is 5.34. The van der Waals surface area contributed by atoms with Crippen molar-refractivity contribution in [1.82, 2.24) is 0 Å². The van der Waals surface area contributed by atoms with E-state index in [0.717, 1.165) is 11.1 Å². The molecule has 0 fully saturated rings. The van der Waals surface area contributed by atoms with Crippen LogP contribution in [-0.2, 0) is 4.79 Å². The van der Waals surface area contributed by atoms with E-state index in [9.17, 15) is 13.6 Å². The van der Waals surface area contributed by atoms with Crippen LogP contribution in [0.2, 0.25) is 0 Å². The van der Waals surface area contributed by atoms with Gasteiger partial charge in [0.05, 0.1) is 13.7 Å². The van der Waals surface area contributed by atoms with E-state index in [2.05, 4.69) is 15.4 Å². The molecule has 1 amide bonds. The lowest BCUT2D eigenvalue weighted by atomic mass is 10.1. The lowest BCUT2D eigenvalue weighted by Gasteiger charge is -2.13. The second-order valence-electron chi connectivity index (χ2n) is 5.44. The molecule has 0 radical (unpaired) electrons. The van der Waals surface area contributed by atoms with Crippen LogP contribution in [0.4, 0.5) is 20.2 Å². The first-order valence-electron chi connectivity index (χ1n) is 7.63. The molecule has 0 aliphatic carbocycles. The van der Waals surface area contributed by atoms with Gasteiger partial charge in [-0.1, -0.05) is 6.07 Å². The molecule has 0 bridgehead atoms. The van der Waals surface area contributed by atoms with Crippen LogP contribution >= 0.6 is 0 Å². The Labute approximate surface area is 144 Å². The number of nitrogens with one attached hydrogen (secondary N) is 2. The molecule has 134 valence electrons. The summed E-state index contributed by atoms with van der Waals surface area (Å²) in [7, 11) is 1.36. The van der Waals surface area contributed by atoms with Crippen molar-refractivity contribution in [2.45, 2.75) is 20.5 Å². The van der Waals surface area contributed by atoms with Crippen LogP contribution < -0.4 is 20.1 Å². The topological polar surface area (TPSA) is 59.6 Å². The molecule has 2 N–H and O–H groups in total. The summed E-state index contributed by atoms with van der Waals surface area (Å²) in [4.78, 5) is 12.0. The largest absolute Gasteiger partial charge is 0.493 e. The molecule has 0 atom stereocenters. The number of benzene rings is 2. The lowest BCUT2D eigenvalue weighted by molar-refractivity contribution is -0.114. The maximum atomic E-state index is 12.4. The third-order valence-electron chi connectivity index (χ3n) is 3.62. The number of anilines is 2. The van der Waals surface area contributed by atoms with Crippen molar-refractivity contribution in [2.75, 3.05) is 24.3 Å². The van der Waals surface area contributed by atoms with Crippen LogP contribution in [0.3, 0.4) is 0 Å². The molecule has 2 aromatic carbocycles. The van der Waals surface area contributed by atoms with Gasteiger partial charge in [-0.05, 0) is 49.2 Å². The van der Waals surface area contributed by atoms with E-state index < -0.39 is 6.61 Å². The predicted molar refractivity (Wildman–Crippen MR) is 92.7 cm³/mol.